The fourth-order valence-corrected chi connectivity index (χ4v) is 5.23. The molecule has 3 aromatic rings. The molecule has 2 heterocycles. The molecule has 3 amide bonds. The lowest BCUT2D eigenvalue weighted by Crippen LogP contribution is -2.49. The van der Waals surface area contributed by atoms with Crippen LogP contribution in [0.2, 0.25) is 0 Å². The summed E-state index contributed by atoms with van der Waals surface area (Å²) in [5.41, 5.74) is 2.51. The van der Waals surface area contributed by atoms with Crippen molar-refractivity contribution in [1.82, 2.24) is 10.6 Å². The van der Waals surface area contributed by atoms with Gasteiger partial charge in [0.2, 0.25) is 5.91 Å². The molecule has 4 rings (SSSR count). The third-order valence-electron chi connectivity index (χ3n) is 6.14. The third-order valence-corrected chi connectivity index (χ3v) is 7.01. The standard InChI is InChI=1S/C27H31N3O4S/c1-17-13-18(2)15-21(14-17)30(24(31)16-28-26(32)23-9-6-12-35-23)25(22-11-10-19(3)34-22)27(33)29-20-7-4-5-8-20/h6,9-15,20,25H,4-5,7-8,16H2,1-3H3,(H,28,32)(H,29,33). The van der Waals surface area contributed by atoms with E-state index in [1.807, 2.05) is 32.0 Å². The van der Waals surface area contributed by atoms with Crippen LogP contribution in [0, 0.1) is 20.8 Å². The largest absolute Gasteiger partial charge is 0.464 e. The molecule has 1 aromatic carbocycles. The quantitative estimate of drug-likeness (QED) is 0.470. The summed E-state index contributed by atoms with van der Waals surface area (Å²) in [5, 5.41) is 7.64. The molecule has 1 aliphatic rings. The SMILES string of the molecule is Cc1cc(C)cc(N(C(=O)CNC(=O)c2cccs2)C(C(=O)NC2CCCC2)c2ccc(C)o2)c1. The lowest BCUT2D eigenvalue weighted by molar-refractivity contribution is -0.127. The van der Waals surface area contributed by atoms with Gasteiger partial charge in [-0.1, -0.05) is 25.0 Å². The molecule has 0 aliphatic heterocycles. The number of anilines is 1. The fraction of sp³-hybridized carbons (Fsp3) is 0.370. The Labute approximate surface area is 209 Å². The molecule has 7 nitrogen and oxygen atoms in total. The maximum absolute atomic E-state index is 13.7. The highest BCUT2D eigenvalue weighted by molar-refractivity contribution is 7.12. The molecule has 1 atom stereocenters. The summed E-state index contributed by atoms with van der Waals surface area (Å²) >= 11 is 1.30. The van der Waals surface area contributed by atoms with Crippen LogP contribution in [0.25, 0.3) is 0 Å². The van der Waals surface area contributed by atoms with Gasteiger partial charge < -0.3 is 15.1 Å². The highest BCUT2D eigenvalue weighted by Crippen LogP contribution is 2.31. The van der Waals surface area contributed by atoms with Crippen molar-refractivity contribution in [2.45, 2.75) is 58.5 Å². The number of amides is 3. The average Bonchev–Trinajstić information content (AvgIpc) is 3.58. The van der Waals surface area contributed by atoms with Crippen LogP contribution in [-0.2, 0) is 9.59 Å². The Morgan fingerprint density at radius 1 is 1.06 bits per heavy atom. The molecule has 0 spiro atoms. The zero-order valence-electron chi connectivity index (χ0n) is 20.3. The monoisotopic (exact) mass is 493 g/mol. The number of aryl methyl sites for hydroxylation is 3. The molecule has 8 heteroatoms. The summed E-state index contributed by atoms with van der Waals surface area (Å²) in [5.74, 6) is 0.0194. The first kappa shape index (κ1) is 24.7. The number of benzene rings is 1. The predicted octanol–water partition coefficient (Wildman–Crippen LogP) is 4.83. The van der Waals surface area contributed by atoms with Crippen LogP contribution in [0.1, 0.15) is 64.0 Å². The number of rotatable bonds is 8. The van der Waals surface area contributed by atoms with Gasteiger partial charge in [0.25, 0.3) is 11.8 Å². The number of nitrogens with zero attached hydrogens (tertiary/aromatic N) is 1. The molecule has 2 N–H and O–H groups in total. The zero-order valence-corrected chi connectivity index (χ0v) is 21.1. The van der Waals surface area contributed by atoms with Gasteiger partial charge in [-0.15, -0.1) is 11.3 Å². The third kappa shape index (κ3) is 6.00. The van der Waals surface area contributed by atoms with Crippen LogP contribution in [0.3, 0.4) is 0 Å². The van der Waals surface area contributed by atoms with Crippen LogP contribution in [0.15, 0.2) is 52.3 Å². The number of hydrogen-bond acceptors (Lipinski definition) is 5. The van der Waals surface area contributed by atoms with Crippen molar-refractivity contribution in [2.75, 3.05) is 11.4 Å². The van der Waals surface area contributed by atoms with Crippen LogP contribution in [0.5, 0.6) is 0 Å². The van der Waals surface area contributed by atoms with E-state index in [9.17, 15) is 14.4 Å². The normalized spacial score (nSPS) is 14.5. The second-order valence-electron chi connectivity index (χ2n) is 9.11. The van der Waals surface area contributed by atoms with E-state index in [4.69, 9.17) is 4.42 Å². The first-order valence-corrected chi connectivity index (χ1v) is 12.8. The Morgan fingerprint density at radius 2 is 1.77 bits per heavy atom. The van der Waals surface area contributed by atoms with Crippen LogP contribution in [-0.4, -0.2) is 30.3 Å². The number of furan rings is 1. The summed E-state index contributed by atoms with van der Waals surface area (Å²) in [4.78, 5) is 41.9. The second kappa shape index (κ2) is 10.9. The molecule has 0 radical (unpaired) electrons. The van der Waals surface area contributed by atoms with E-state index in [1.165, 1.54) is 16.2 Å². The van der Waals surface area contributed by atoms with Gasteiger partial charge >= 0.3 is 0 Å². The minimum Gasteiger partial charge on any atom is -0.464 e. The van der Waals surface area contributed by atoms with Crippen molar-refractivity contribution < 1.29 is 18.8 Å². The molecule has 1 unspecified atom stereocenters. The Kier molecular flexibility index (Phi) is 7.70. The van der Waals surface area contributed by atoms with Gasteiger partial charge in [-0.25, -0.2) is 0 Å². The summed E-state index contributed by atoms with van der Waals surface area (Å²) in [6.07, 6.45) is 3.99. The van der Waals surface area contributed by atoms with Gasteiger partial charge in [0.05, 0.1) is 11.4 Å². The van der Waals surface area contributed by atoms with Gasteiger partial charge in [-0.3, -0.25) is 19.3 Å². The van der Waals surface area contributed by atoms with Crippen molar-refractivity contribution >= 4 is 34.7 Å². The molecule has 1 saturated carbocycles. The lowest BCUT2D eigenvalue weighted by Gasteiger charge is -2.31. The Morgan fingerprint density at radius 3 is 2.37 bits per heavy atom. The predicted molar refractivity (Wildman–Crippen MR) is 137 cm³/mol. The van der Waals surface area contributed by atoms with E-state index in [2.05, 4.69) is 10.6 Å². The molecule has 1 fully saturated rings. The topological polar surface area (TPSA) is 91.7 Å². The van der Waals surface area contributed by atoms with Gasteiger partial charge in [-0.2, -0.15) is 0 Å². The van der Waals surface area contributed by atoms with E-state index in [-0.39, 0.29) is 24.4 Å². The van der Waals surface area contributed by atoms with Crippen molar-refractivity contribution in [2.24, 2.45) is 0 Å². The summed E-state index contributed by atoms with van der Waals surface area (Å²) in [7, 11) is 0. The van der Waals surface area contributed by atoms with Gasteiger partial charge in [0.1, 0.15) is 11.5 Å². The van der Waals surface area contributed by atoms with Crippen molar-refractivity contribution in [1.29, 1.82) is 0 Å². The van der Waals surface area contributed by atoms with E-state index >= 15 is 0 Å². The maximum Gasteiger partial charge on any atom is 0.261 e. The van der Waals surface area contributed by atoms with Gasteiger partial charge in [0, 0.05) is 11.7 Å². The second-order valence-corrected chi connectivity index (χ2v) is 10.1. The molecule has 0 saturated heterocycles. The summed E-state index contributed by atoms with van der Waals surface area (Å²) in [6.45, 7) is 5.45. The van der Waals surface area contributed by atoms with Crippen LogP contribution < -0.4 is 15.5 Å². The van der Waals surface area contributed by atoms with Gasteiger partial charge in [-0.05, 0) is 80.5 Å². The molecule has 35 heavy (non-hydrogen) atoms. The molecule has 0 bridgehead atoms. The number of nitrogens with one attached hydrogen (secondary N) is 2. The van der Waals surface area contributed by atoms with Crippen LogP contribution >= 0.6 is 11.3 Å². The molecule has 1 aliphatic carbocycles. The first-order chi connectivity index (χ1) is 16.8. The smallest absolute Gasteiger partial charge is 0.261 e. The average molecular weight is 494 g/mol. The van der Waals surface area contributed by atoms with Crippen molar-refractivity contribution in [3.63, 3.8) is 0 Å². The summed E-state index contributed by atoms with van der Waals surface area (Å²) in [6, 6.07) is 11.8. The Hall–Kier alpha value is -3.39. The molecular weight excluding hydrogens is 462 g/mol. The number of hydrogen-bond donors (Lipinski definition) is 2. The molecule has 2 aromatic heterocycles. The fourth-order valence-electron chi connectivity index (χ4n) is 4.59. The molecular formula is C27H31N3O4S. The number of carbonyl (C=O) groups excluding carboxylic acids is 3. The molecule has 184 valence electrons. The lowest BCUT2D eigenvalue weighted by atomic mass is 10.1. The highest BCUT2D eigenvalue weighted by Gasteiger charge is 2.36. The van der Waals surface area contributed by atoms with Crippen LogP contribution in [0.4, 0.5) is 5.69 Å². The zero-order chi connectivity index (χ0) is 24.9. The van der Waals surface area contributed by atoms with E-state index in [1.54, 1.807) is 36.6 Å². The van der Waals surface area contributed by atoms with Crippen molar-refractivity contribution in [3.8, 4) is 0 Å². The number of carbonyl (C=O) groups is 3. The number of thiophene rings is 1. The Balaban J connectivity index is 1.69. The van der Waals surface area contributed by atoms with E-state index in [0.29, 0.717) is 22.1 Å². The van der Waals surface area contributed by atoms with Crippen molar-refractivity contribution in [3.05, 3.63) is 75.4 Å². The first-order valence-electron chi connectivity index (χ1n) is 11.9. The minimum absolute atomic E-state index is 0.0794. The maximum atomic E-state index is 13.7. The van der Waals surface area contributed by atoms with Gasteiger partial charge in [0.15, 0.2) is 6.04 Å². The minimum atomic E-state index is -1.00. The summed E-state index contributed by atoms with van der Waals surface area (Å²) < 4.78 is 5.89. The highest BCUT2D eigenvalue weighted by atomic mass is 32.1. The van der Waals surface area contributed by atoms with E-state index in [0.717, 1.165) is 36.8 Å². The van der Waals surface area contributed by atoms with E-state index < -0.39 is 11.9 Å². The Bertz CT molecular complexity index is 1170.